The minimum absolute atomic E-state index is 0.245. The summed E-state index contributed by atoms with van der Waals surface area (Å²) < 4.78 is 5.47. The molecule has 0 saturated carbocycles. The second-order valence-electron chi connectivity index (χ2n) is 6.75. The molecule has 20 heavy (non-hydrogen) atoms. The van der Waals surface area contributed by atoms with E-state index in [0.29, 0.717) is 0 Å². The molecule has 0 radical (unpaired) electrons. The van der Waals surface area contributed by atoms with E-state index in [-0.39, 0.29) is 11.5 Å². The topological polar surface area (TPSA) is 24.5 Å². The number of hydrogen-bond acceptors (Lipinski definition) is 3. The molecule has 0 heterocycles. The van der Waals surface area contributed by atoms with Crippen molar-refractivity contribution in [3.63, 3.8) is 0 Å². The molecule has 1 rings (SSSR count). The van der Waals surface area contributed by atoms with E-state index in [0.717, 1.165) is 18.8 Å². The lowest BCUT2D eigenvalue weighted by molar-refractivity contribution is 0.226. The third-order valence-corrected chi connectivity index (χ3v) is 3.48. The van der Waals surface area contributed by atoms with Gasteiger partial charge < -0.3 is 15.0 Å². The molecular weight excluding hydrogens is 248 g/mol. The van der Waals surface area contributed by atoms with Gasteiger partial charge in [0.15, 0.2) is 0 Å². The Kier molecular flexibility index (Phi) is 6.03. The van der Waals surface area contributed by atoms with Crippen LogP contribution in [0.5, 0.6) is 5.75 Å². The lowest BCUT2D eigenvalue weighted by Gasteiger charge is -2.30. The fourth-order valence-corrected chi connectivity index (χ4v) is 2.64. The van der Waals surface area contributed by atoms with Gasteiger partial charge in [0.1, 0.15) is 5.75 Å². The highest BCUT2D eigenvalue weighted by Crippen LogP contribution is 2.27. The Hall–Kier alpha value is -1.06. The van der Waals surface area contributed by atoms with E-state index in [4.69, 9.17) is 4.74 Å². The van der Waals surface area contributed by atoms with E-state index in [2.05, 4.69) is 64.1 Å². The molecule has 0 aromatic heterocycles. The Morgan fingerprint density at radius 2 is 1.95 bits per heavy atom. The average Bonchev–Trinajstić information content (AvgIpc) is 2.34. The maximum Gasteiger partial charge on any atom is 0.123 e. The van der Waals surface area contributed by atoms with Gasteiger partial charge >= 0.3 is 0 Å². The molecule has 1 aromatic carbocycles. The number of nitrogens with one attached hydrogen (secondary N) is 1. The first-order valence-corrected chi connectivity index (χ1v) is 7.28. The predicted octanol–water partition coefficient (Wildman–Crippen LogP) is 3.24. The number of aryl methyl sites for hydroxylation is 1. The van der Waals surface area contributed by atoms with Crippen LogP contribution in [0.1, 0.15) is 37.9 Å². The molecule has 0 aliphatic carbocycles. The van der Waals surface area contributed by atoms with Crippen LogP contribution in [-0.4, -0.2) is 39.2 Å². The third-order valence-electron chi connectivity index (χ3n) is 3.48. The highest BCUT2D eigenvalue weighted by Gasteiger charge is 2.20. The molecule has 1 atom stereocenters. The second-order valence-corrected chi connectivity index (χ2v) is 6.75. The molecule has 0 amide bonds. The van der Waals surface area contributed by atoms with Crippen molar-refractivity contribution in [2.45, 2.75) is 33.7 Å². The molecule has 114 valence electrons. The number of rotatable bonds is 7. The van der Waals surface area contributed by atoms with Crippen molar-refractivity contribution in [1.82, 2.24) is 10.2 Å². The van der Waals surface area contributed by atoms with Gasteiger partial charge in [-0.2, -0.15) is 0 Å². The van der Waals surface area contributed by atoms with Crippen molar-refractivity contribution in [3.8, 4) is 5.75 Å². The first-order valence-electron chi connectivity index (χ1n) is 7.28. The Balaban J connectivity index is 2.72. The van der Waals surface area contributed by atoms with Crippen molar-refractivity contribution in [1.29, 1.82) is 0 Å². The molecule has 1 unspecified atom stereocenters. The van der Waals surface area contributed by atoms with Gasteiger partial charge in [-0.1, -0.05) is 31.5 Å². The minimum atomic E-state index is 0.245. The molecule has 1 N–H and O–H groups in total. The maximum absolute atomic E-state index is 5.47. The Morgan fingerprint density at radius 3 is 2.50 bits per heavy atom. The summed E-state index contributed by atoms with van der Waals surface area (Å²) in [5, 5.41) is 3.64. The minimum Gasteiger partial charge on any atom is -0.496 e. The molecule has 3 nitrogen and oxygen atoms in total. The summed E-state index contributed by atoms with van der Waals surface area (Å²) in [5.41, 5.74) is 2.74. The van der Waals surface area contributed by atoms with Crippen LogP contribution in [0.25, 0.3) is 0 Å². The first kappa shape index (κ1) is 17.0. The first-order chi connectivity index (χ1) is 9.25. The standard InChI is InChI=1S/C17H30N2O/c1-13-8-9-16(20-7)15(10-13)14(2)18-11-17(3,4)12-19(5)6/h8-10,14,18H,11-12H2,1-7H3. The SMILES string of the molecule is COc1ccc(C)cc1C(C)NCC(C)(C)CN(C)C. The number of hydrogen-bond donors (Lipinski definition) is 1. The zero-order chi connectivity index (χ0) is 15.3. The summed E-state index contributed by atoms with van der Waals surface area (Å²) in [4.78, 5) is 2.24. The van der Waals surface area contributed by atoms with Gasteiger partial charge in [0, 0.05) is 24.7 Å². The zero-order valence-corrected chi connectivity index (χ0v) is 14.1. The zero-order valence-electron chi connectivity index (χ0n) is 14.1. The number of methoxy groups -OCH3 is 1. The summed E-state index contributed by atoms with van der Waals surface area (Å²) >= 11 is 0. The van der Waals surface area contributed by atoms with Crippen LogP contribution < -0.4 is 10.1 Å². The van der Waals surface area contributed by atoms with Gasteiger partial charge in [-0.05, 0) is 39.4 Å². The molecule has 0 bridgehead atoms. The van der Waals surface area contributed by atoms with Crippen LogP contribution in [0.4, 0.5) is 0 Å². The predicted molar refractivity (Wildman–Crippen MR) is 86.5 cm³/mol. The highest BCUT2D eigenvalue weighted by molar-refractivity contribution is 5.38. The quantitative estimate of drug-likeness (QED) is 0.828. The van der Waals surface area contributed by atoms with E-state index < -0.39 is 0 Å². The van der Waals surface area contributed by atoms with Gasteiger partial charge in [0.25, 0.3) is 0 Å². The monoisotopic (exact) mass is 278 g/mol. The molecule has 0 spiro atoms. The van der Waals surface area contributed by atoms with Gasteiger partial charge in [0.05, 0.1) is 7.11 Å². The van der Waals surface area contributed by atoms with Crippen LogP contribution in [-0.2, 0) is 0 Å². The highest BCUT2D eigenvalue weighted by atomic mass is 16.5. The van der Waals surface area contributed by atoms with E-state index >= 15 is 0 Å². The number of benzene rings is 1. The molecule has 1 aromatic rings. The van der Waals surface area contributed by atoms with E-state index in [9.17, 15) is 0 Å². The van der Waals surface area contributed by atoms with Gasteiger partial charge in [-0.15, -0.1) is 0 Å². The molecule has 3 heteroatoms. The molecule has 0 saturated heterocycles. The van der Waals surface area contributed by atoms with Crippen molar-refractivity contribution in [2.75, 3.05) is 34.3 Å². The summed E-state index contributed by atoms with van der Waals surface area (Å²) in [5.74, 6) is 0.959. The lowest BCUT2D eigenvalue weighted by Crippen LogP contribution is -2.38. The molecular formula is C17H30N2O. The van der Waals surface area contributed by atoms with E-state index in [1.807, 2.05) is 6.07 Å². The van der Waals surface area contributed by atoms with Crippen LogP contribution in [0.2, 0.25) is 0 Å². The van der Waals surface area contributed by atoms with Gasteiger partial charge in [-0.25, -0.2) is 0 Å². The van der Waals surface area contributed by atoms with Gasteiger partial charge in [0.2, 0.25) is 0 Å². The van der Waals surface area contributed by atoms with Crippen molar-refractivity contribution in [3.05, 3.63) is 29.3 Å². The molecule has 0 aliphatic heterocycles. The van der Waals surface area contributed by atoms with Crippen LogP contribution in [0.3, 0.4) is 0 Å². The Morgan fingerprint density at radius 1 is 1.30 bits per heavy atom. The summed E-state index contributed by atoms with van der Waals surface area (Å²) in [6.45, 7) is 10.9. The largest absolute Gasteiger partial charge is 0.496 e. The molecule has 0 aliphatic rings. The summed E-state index contributed by atoms with van der Waals surface area (Å²) in [6.07, 6.45) is 0. The summed E-state index contributed by atoms with van der Waals surface area (Å²) in [6, 6.07) is 6.63. The van der Waals surface area contributed by atoms with Crippen molar-refractivity contribution in [2.24, 2.45) is 5.41 Å². The smallest absolute Gasteiger partial charge is 0.123 e. The van der Waals surface area contributed by atoms with Crippen LogP contribution in [0, 0.1) is 12.3 Å². The van der Waals surface area contributed by atoms with Crippen molar-refractivity contribution < 1.29 is 4.74 Å². The average molecular weight is 278 g/mol. The number of nitrogens with zero attached hydrogens (tertiary/aromatic N) is 1. The van der Waals surface area contributed by atoms with E-state index in [1.54, 1.807) is 7.11 Å². The Bertz CT molecular complexity index is 427. The van der Waals surface area contributed by atoms with Gasteiger partial charge in [-0.3, -0.25) is 0 Å². The van der Waals surface area contributed by atoms with E-state index in [1.165, 1.54) is 11.1 Å². The Labute approximate surface area is 124 Å². The second kappa shape index (κ2) is 7.09. The lowest BCUT2D eigenvalue weighted by atomic mass is 9.92. The summed E-state index contributed by atoms with van der Waals surface area (Å²) in [7, 11) is 5.97. The fraction of sp³-hybridized carbons (Fsp3) is 0.647. The van der Waals surface area contributed by atoms with Crippen LogP contribution in [0.15, 0.2) is 18.2 Å². The fourth-order valence-electron chi connectivity index (χ4n) is 2.64. The normalized spacial score (nSPS) is 13.6. The maximum atomic E-state index is 5.47. The molecule has 0 fully saturated rings. The third kappa shape index (κ3) is 5.14. The van der Waals surface area contributed by atoms with Crippen molar-refractivity contribution >= 4 is 0 Å². The number of ether oxygens (including phenoxy) is 1. The van der Waals surface area contributed by atoms with Crippen LogP contribution >= 0.6 is 0 Å².